The normalized spacial score (nSPS) is 11.6. The molecular formula is C11H16N4O2. The summed E-state index contributed by atoms with van der Waals surface area (Å²) in [6, 6.07) is 4.90. The second kappa shape index (κ2) is 6.59. The molecule has 0 bridgehead atoms. The number of nitrogens with one attached hydrogen (secondary N) is 2. The molecule has 17 heavy (non-hydrogen) atoms. The van der Waals surface area contributed by atoms with E-state index in [0.717, 1.165) is 0 Å². The minimum Gasteiger partial charge on any atom is -0.351 e. The molecule has 0 aliphatic rings. The minimum atomic E-state index is -0.374. The molecule has 4 N–H and O–H groups in total. The molecule has 0 spiro atoms. The predicted molar refractivity (Wildman–Crippen MR) is 63.2 cm³/mol. The summed E-state index contributed by atoms with van der Waals surface area (Å²) in [6.45, 7) is 2.07. The molecule has 2 amide bonds. The Bertz CT molecular complexity index is 380. The second-order valence-electron chi connectivity index (χ2n) is 3.60. The van der Waals surface area contributed by atoms with Gasteiger partial charge in [-0.15, -0.1) is 0 Å². The Hall–Kier alpha value is -1.95. The molecule has 1 aromatic rings. The van der Waals surface area contributed by atoms with Crippen LogP contribution in [-0.2, 0) is 4.79 Å². The van der Waals surface area contributed by atoms with Crippen LogP contribution in [0.4, 0.5) is 0 Å². The highest BCUT2D eigenvalue weighted by Gasteiger charge is 2.09. The Labute approximate surface area is 99.6 Å². The van der Waals surface area contributed by atoms with Gasteiger partial charge < -0.3 is 16.4 Å². The van der Waals surface area contributed by atoms with Gasteiger partial charge in [-0.05, 0) is 19.1 Å². The topological polar surface area (TPSA) is 97.1 Å². The number of hydrogen-bond donors (Lipinski definition) is 3. The average molecular weight is 236 g/mol. The van der Waals surface area contributed by atoms with E-state index < -0.39 is 0 Å². The number of amides is 2. The number of pyridine rings is 1. The highest BCUT2D eigenvalue weighted by molar-refractivity contribution is 5.94. The van der Waals surface area contributed by atoms with Gasteiger partial charge in [-0.2, -0.15) is 0 Å². The van der Waals surface area contributed by atoms with Crippen molar-refractivity contribution in [1.82, 2.24) is 15.6 Å². The van der Waals surface area contributed by atoms with Crippen molar-refractivity contribution in [3.8, 4) is 0 Å². The minimum absolute atomic E-state index is 0.0836. The largest absolute Gasteiger partial charge is 0.351 e. The SMILES string of the molecule is C[C@@H](CN)NC(=O)CNC(=O)c1ccccn1. The van der Waals surface area contributed by atoms with E-state index in [1.165, 1.54) is 6.20 Å². The van der Waals surface area contributed by atoms with Crippen molar-refractivity contribution in [1.29, 1.82) is 0 Å². The summed E-state index contributed by atoms with van der Waals surface area (Å²) in [4.78, 5) is 26.7. The summed E-state index contributed by atoms with van der Waals surface area (Å²) in [5.74, 6) is -0.645. The highest BCUT2D eigenvalue weighted by atomic mass is 16.2. The molecule has 1 rings (SSSR count). The average Bonchev–Trinajstić information content (AvgIpc) is 2.36. The van der Waals surface area contributed by atoms with E-state index in [-0.39, 0.29) is 30.1 Å². The van der Waals surface area contributed by atoms with E-state index in [1.807, 2.05) is 0 Å². The number of nitrogens with two attached hydrogens (primary N) is 1. The molecule has 0 aliphatic heterocycles. The van der Waals surface area contributed by atoms with Gasteiger partial charge in [0.1, 0.15) is 5.69 Å². The molecule has 0 aliphatic carbocycles. The van der Waals surface area contributed by atoms with Crippen LogP contribution in [0, 0.1) is 0 Å². The van der Waals surface area contributed by atoms with Crippen molar-refractivity contribution in [3.63, 3.8) is 0 Å². The van der Waals surface area contributed by atoms with Gasteiger partial charge in [-0.1, -0.05) is 6.07 Å². The van der Waals surface area contributed by atoms with Gasteiger partial charge in [0.05, 0.1) is 6.54 Å². The van der Waals surface area contributed by atoms with E-state index in [9.17, 15) is 9.59 Å². The first kappa shape index (κ1) is 13.1. The molecule has 0 saturated heterocycles. The van der Waals surface area contributed by atoms with Crippen LogP contribution in [0.25, 0.3) is 0 Å². The molecule has 92 valence electrons. The Balaban J connectivity index is 2.36. The van der Waals surface area contributed by atoms with Crippen LogP contribution in [-0.4, -0.2) is 35.9 Å². The number of aromatic nitrogens is 1. The quantitative estimate of drug-likeness (QED) is 0.628. The maximum absolute atomic E-state index is 11.5. The molecule has 0 fully saturated rings. The van der Waals surface area contributed by atoms with Crippen molar-refractivity contribution in [2.75, 3.05) is 13.1 Å². The molecule has 1 aromatic heterocycles. The molecule has 6 nitrogen and oxygen atoms in total. The standard InChI is InChI=1S/C11H16N4O2/c1-8(6-12)15-10(16)7-14-11(17)9-4-2-3-5-13-9/h2-5,8H,6-7,12H2,1H3,(H,14,17)(H,15,16)/t8-/m0/s1. The third-order valence-electron chi connectivity index (χ3n) is 2.07. The Morgan fingerprint density at radius 2 is 2.24 bits per heavy atom. The van der Waals surface area contributed by atoms with Crippen LogP contribution in [0.2, 0.25) is 0 Å². The van der Waals surface area contributed by atoms with Crippen molar-refractivity contribution >= 4 is 11.8 Å². The van der Waals surface area contributed by atoms with Crippen LogP contribution >= 0.6 is 0 Å². The van der Waals surface area contributed by atoms with Gasteiger partial charge in [0.15, 0.2) is 0 Å². The predicted octanol–water partition coefficient (Wildman–Crippen LogP) is -0.725. The lowest BCUT2D eigenvalue weighted by Gasteiger charge is -2.11. The van der Waals surface area contributed by atoms with E-state index in [0.29, 0.717) is 6.54 Å². The smallest absolute Gasteiger partial charge is 0.270 e. The highest BCUT2D eigenvalue weighted by Crippen LogP contribution is 1.92. The molecular weight excluding hydrogens is 220 g/mol. The first-order valence-electron chi connectivity index (χ1n) is 5.32. The molecule has 1 atom stereocenters. The maximum Gasteiger partial charge on any atom is 0.270 e. The maximum atomic E-state index is 11.5. The zero-order chi connectivity index (χ0) is 12.7. The van der Waals surface area contributed by atoms with Gasteiger partial charge in [-0.25, -0.2) is 0 Å². The van der Waals surface area contributed by atoms with E-state index >= 15 is 0 Å². The Morgan fingerprint density at radius 1 is 1.47 bits per heavy atom. The van der Waals surface area contributed by atoms with Crippen molar-refractivity contribution in [2.45, 2.75) is 13.0 Å². The van der Waals surface area contributed by atoms with Crippen molar-refractivity contribution in [2.24, 2.45) is 5.73 Å². The van der Waals surface area contributed by atoms with Gasteiger partial charge in [0.2, 0.25) is 5.91 Å². The molecule has 0 unspecified atom stereocenters. The summed E-state index contributed by atoms with van der Waals surface area (Å²) in [5, 5.41) is 5.11. The summed E-state index contributed by atoms with van der Waals surface area (Å²) in [7, 11) is 0. The van der Waals surface area contributed by atoms with E-state index in [1.54, 1.807) is 25.1 Å². The van der Waals surface area contributed by atoms with E-state index in [4.69, 9.17) is 5.73 Å². The fourth-order valence-corrected chi connectivity index (χ4v) is 1.13. The lowest BCUT2D eigenvalue weighted by Crippen LogP contribution is -2.43. The zero-order valence-electron chi connectivity index (χ0n) is 9.64. The lowest BCUT2D eigenvalue weighted by molar-refractivity contribution is -0.120. The number of nitrogens with zero attached hydrogens (tertiary/aromatic N) is 1. The van der Waals surface area contributed by atoms with Crippen LogP contribution in [0.3, 0.4) is 0 Å². The first-order chi connectivity index (χ1) is 8.13. The second-order valence-corrected chi connectivity index (χ2v) is 3.60. The monoisotopic (exact) mass is 236 g/mol. The van der Waals surface area contributed by atoms with Gasteiger partial charge in [0, 0.05) is 18.8 Å². The molecule has 1 heterocycles. The van der Waals surface area contributed by atoms with Gasteiger partial charge in [0.25, 0.3) is 5.91 Å². The molecule has 6 heteroatoms. The van der Waals surface area contributed by atoms with Crippen LogP contribution in [0.5, 0.6) is 0 Å². The Morgan fingerprint density at radius 3 is 2.82 bits per heavy atom. The zero-order valence-corrected chi connectivity index (χ0v) is 9.64. The first-order valence-corrected chi connectivity index (χ1v) is 5.32. The van der Waals surface area contributed by atoms with Gasteiger partial charge >= 0.3 is 0 Å². The summed E-state index contributed by atoms with van der Waals surface area (Å²) in [5.41, 5.74) is 5.64. The summed E-state index contributed by atoms with van der Waals surface area (Å²) in [6.07, 6.45) is 1.52. The van der Waals surface area contributed by atoms with Crippen molar-refractivity contribution in [3.05, 3.63) is 30.1 Å². The van der Waals surface area contributed by atoms with Crippen LogP contribution in [0.15, 0.2) is 24.4 Å². The number of hydrogen-bond acceptors (Lipinski definition) is 4. The van der Waals surface area contributed by atoms with Crippen molar-refractivity contribution < 1.29 is 9.59 Å². The molecule has 0 radical (unpaired) electrons. The third-order valence-corrected chi connectivity index (χ3v) is 2.07. The summed E-state index contributed by atoms with van der Waals surface area (Å²) < 4.78 is 0. The number of carbonyl (C=O) groups is 2. The Kier molecular flexibility index (Phi) is 5.09. The van der Waals surface area contributed by atoms with Gasteiger partial charge in [-0.3, -0.25) is 14.6 Å². The fraction of sp³-hybridized carbons (Fsp3) is 0.364. The number of rotatable bonds is 5. The fourth-order valence-electron chi connectivity index (χ4n) is 1.13. The molecule has 0 saturated carbocycles. The number of carbonyl (C=O) groups excluding carboxylic acids is 2. The lowest BCUT2D eigenvalue weighted by atomic mass is 10.3. The van der Waals surface area contributed by atoms with Crippen LogP contribution < -0.4 is 16.4 Å². The van der Waals surface area contributed by atoms with Crippen LogP contribution in [0.1, 0.15) is 17.4 Å². The third kappa shape index (κ3) is 4.60. The summed E-state index contributed by atoms with van der Waals surface area (Å²) >= 11 is 0. The molecule has 0 aromatic carbocycles. The van der Waals surface area contributed by atoms with E-state index in [2.05, 4.69) is 15.6 Å².